The van der Waals surface area contributed by atoms with Crippen molar-refractivity contribution in [1.82, 2.24) is 0 Å². The van der Waals surface area contributed by atoms with Gasteiger partial charge in [0.15, 0.2) is 0 Å². The number of hydrogen-bond donors (Lipinski definition) is 2. The molecule has 0 saturated carbocycles. The standard InChI is InChI=1S/C4H11NO4S2.C4H11NO2S2.C4H10O3S2.C3H6O3S.Na/c1-10(6,7)3-2-4-11(5,8)9;2*1-8-3-2-4-9(5,6)7;4-7(5)3-1-2-6-7;/h2-4H2,1H3,(H2,5,8,9);2-4H2,1H3,(H2,5,6,7);2-4H2,1H3,(H,5,6,7);1-3H2;/q;;;;+1/p-1. The topological polar surface area (TPSA) is 255 Å². The summed E-state index contributed by atoms with van der Waals surface area (Å²) in [5.41, 5.74) is 0. The van der Waals surface area contributed by atoms with E-state index in [9.17, 15) is 46.6 Å². The van der Waals surface area contributed by atoms with Crippen molar-refractivity contribution >= 4 is 73.6 Å². The molecule has 1 heterocycles. The fraction of sp³-hybridized carbons (Fsp3) is 1.00. The van der Waals surface area contributed by atoms with E-state index in [0.29, 0.717) is 25.9 Å². The summed E-state index contributed by atoms with van der Waals surface area (Å²) in [6.45, 7) is 0.377. The van der Waals surface area contributed by atoms with Gasteiger partial charge in [-0.25, -0.2) is 43.9 Å². The zero-order valence-electron chi connectivity index (χ0n) is 21.4. The third kappa shape index (κ3) is 50.6. The van der Waals surface area contributed by atoms with Crippen molar-refractivity contribution in [3.8, 4) is 0 Å². The molecule has 1 rings (SSSR count). The van der Waals surface area contributed by atoms with Crippen LogP contribution in [0, 0.1) is 0 Å². The van der Waals surface area contributed by atoms with Crippen molar-refractivity contribution in [1.29, 1.82) is 0 Å². The Kier molecular flexibility index (Phi) is 28.0. The van der Waals surface area contributed by atoms with Crippen LogP contribution in [0.25, 0.3) is 0 Å². The van der Waals surface area contributed by atoms with Crippen LogP contribution in [-0.4, -0.2) is 112 Å². The number of hydrogen-bond acceptors (Lipinski definition) is 14. The molecular weight excluding hydrogens is 648 g/mol. The molecule has 0 bridgehead atoms. The molecule has 0 aromatic heterocycles. The van der Waals surface area contributed by atoms with Gasteiger partial charge in [0.2, 0.25) is 20.0 Å². The van der Waals surface area contributed by atoms with E-state index in [0.717, 1.165) is 17.8 Å². The minimum absolute atomic E-state index is 0. The first kappa shape index (κ1) is 45.3. The fourth-order valence-electron chi connectivity index (χ4n) is 1.79. The molecule has 0 spiro atoms. The molecule has 0 amide bonds. The predicted molar refractivity (Wildman–Crippen MR) is 145 cm³/mol. The van der Waals surface area contributed by atoms with Crippen LogP contribution >= 0.6 is 23.5 Å². The Morgan fingerprint density at radius 2 is 1.19 bits per heavy atom. The molecule has 37 heavy (non-hydrogen) atoms. The molecule has 14 nitrogen and oxygen atoms in total. The van der Waals surface area contributed by atoms with Gasteiger partial charge in [-0.15, -0.1) is 0 Å². The Labute approximate surface area is 253 Å². The number of sulfone groups is 1. The number of nitrogens with two attached hydrogens (primary N) is 2. The van der Waals surface area contributed by atoms with E-state index in [1.54, 1.807) is 11.8 Å². The minimum Gasteiger partial charge on any atom is -0.748 e. The third-order valence-corrected chi connectivity index (χ3v) is 9.51. The van der Waals surface area contributed by atoms with E-state index in [2.05, 4.69) is 9.32 Å². The molecule has 0 aliphatic carbocycles. The Bertz CT molecular complexity index is 1030. The summed E-state index contributed by atoms with van der Waals surface area (Å²) in [6, 6.07) is 0. The van der Waals surface area contributed by atoms with Crippen molar-refractivity contribution < 1.29 is 80.4 Å². The van der Waals surface area contributed by atoms with Crippen LogP contribution < -0.4 is 39.8 Å². The molecule has 4 N–H and O–H groups in total. The SMILES string of the molecule is CS(=O)(=O)CCCS(N)(=O)=O.CSCCCS(=O)(=O)[O-].CSCCCS(N)(=O)=O.O=S1(=O)CCCO1.[Na+]. The van der Waals surface area contributed by atoms with E-state index >= 15 is 0 Å². The van der Waals surface area contributed by atoms with E-state index in [1.807, 2.05) is 12.5 Å². The zero-order chi connectivity index (χ0) is 29.1. The molecule has 1 aliphatic rings. The van der Waals surface area contributed by atoms with Gasteiger partial charge < -0.3 is 4.55 Å². The van der Waals surface area contributed by atoms with E-state index in [4.69, 9.17) is 5.14 Å². The second-order valence-electron chi connectivity index (χ2n) is 7.11. The third-order valence-electron chi connectivity index (χ3n) is 3.27. The molecule has 1 aliphatic heterocycles. The van der Waals surface area contributed by atoms with Gasteiger partial charge in [0.25, 0.3) is 10.1 Å². The molecule has 0 aromatic rings. The summed E-state index contributed by atoms with van der Waals surface area (Å²) in [5, 5.41) is 9.38. The minimum atomic E-state index is -3.96. The van der Waals surface area contributed by atoms with Crippen molar-refractivity contribution in [2.24, 2.45) is 10.3 Å². The first-order chi connectivity index (χ1) is 16.0. The van der Waals surface area contributed by atoms with Crippen molar-refractivity contribution in [3.63, 3.8) is 0 Å². The molecule has 1 fully saturated rings. The normalized spacial score (nSPS) is 15.0. The number of primary sulfonamides is 2. The van der Waals surface area contributed by atoms with Crippen LogP contribution in [-0.2, 0) is 54.3 Å². The van der Waals surface area contributed by atoms with Gasteiger partial charge in [-0.05, 0) is 49.7 Å². The number of sulfonamides is 2. The molecule has 0 aromatic carbocycles. The first-order valence-electron chi connectivity index (χ1n) is 10.0. The summed E-state index contributed by atoms with van der Waals surface area (Å²) in [7, 11) is -16.8. The van der Waals surface area contributed by atoms with Gasteiger partial charge in [0.05, 0.1) is 39.7 Å². The van der Waals surface area contributed by atoms with Crippen molar-refractivity contribution in [3.05, 3.63) is 0 Å². The Hall–Kier alpha value is 1.29. The Balaban J connectivity index is -0.000000196. The number of thioether (sulfide) groups is 2. The maximum absolute atomic E-state index is 10.5. The molecule has 0 atom stereocenters. The largest absolute Gasteiger partial charge is 1.00 e. The van der Waals surface area contributed by atoms with Crippen LogP contribution in [0.3, 0.4) is 0 Å². The molecular formula is C15H37N2NaO12S7. The van der Waals surface area contributed by atoms with Crippen molar-refractivity contribution in [2.45, 2.75) is 25.7 Å². The molecule has 1 saturated heterocycles. The molecule has 0 unspecified atom stereocenters. The fourth-order valence-corrected chi connectivity index (χ4v) is 6.42. The molecule has 0 radical (unpaired) electrons. The monoisotopic (exact) mass is 684 g/mol. The predicted octanol–water partition coefficient (Wildman–Crippen LogP) is -4.24. The second kappa shape index (κ2) is 22.9. The first-order valence-corrected chi connectivity index (χ1v) is 21.4. The number of rotatable bonds is 12. The van der Waals surface area contributed by atoms with Crippen LogP contribution in [0.5, 0.6) is 0 Å². The molecule has 22 heteroatoms. The average Bonchev–Trinajstić information content (AvgIpc) is 3.04. The average molecular weight is 685 g/mol. The summed E-state index contributed by atoms with van der Waals surface area (Å²) in [5.74, 6) is 1.26. The van der Waals surface area contributed by atoms with Gasteiger partial charge in [0.1, 0.15) is 9.84 Å². The second-order valence-corrected chi connectivity index (χ2v) is 18.1. The summed E-state index contributed by atoms with van der Waals surface area (Å²) in [6.07, 6.45) is 6.70. The quantitative estimate of drug-likeness (QED) is 0.0855. The van der Waals surface area contributed by atoms with Crippen LogP contribution in [0.2, 0.25) is 0 Å². The van der Waals surface area contributed by atoms with Gasteiger partial charge in [-0.3, -0.25) is 4.18 Å². The van der Waals surface area contributed by atoms with Gasteiger partial charge in [-0.2, -0.15) is 31.9 Å². The maximum atomic E-state index is 10.5. The summed E-state index contributed by atoms with van der Waals surface area (Å²) in [4.78, 5) is 0. The van der Waals surface area contributed by atoms with Crippen LogP contribution in [0.4, 0.5) is 0 Å². The van der Waals surface area contributed by atoms with Gasteiger partial charge in [0, 0.05) is 12.0 Å². The van der Waals surface area contributed by atoms with Crippen LogP contribution in [0.1, 0.15) is 25.7 Å². The zero-order valence-corrected chi connectivity index (χ0v) is 29.1. The van der Waals surface area contributed by atoms with Crippen LogP contribution in [0.15, 0.2) is 0 Å². The van der Waals surface area contributed by atoms with Gasteiger partial charge >= 0.3 is 29.6 Å². The smallest absolute Gasteiger partial charge is 0.748 e. The Morgan fingerprint density at radius 3 is 1.43 bits per heavy atom. The van der Waals surface area contributed by atoms with Gasteiger partial charge in [-0.1, -0.05) is 0 Å². The van der Waals surface area contributed by atoms with E-state index in [1.165, 1.54) is 11.8 Å². The maximum Gasteiger partial charge on any atom is 1.00 e. The Morgan fingerprint density at radius 1 is 0.784 bits per heavy atom. The summed E-state index contributed by atoms with van der Waals surface area (Å²) < 4.78 is 117. The van der Waals surface area contributed by atoms with E-state index < -0.39 is 50.1 Å². The molecule has 222 valence electrons. The summed E-state index contributed by atoms with van der Waals surface area (Å²) >= 11 is 3.16. The van der Waals surface area contributed by atoms with E-state index in [-0.39, 0.29) is 64.7 Å². The van der Waals surface area contributed by atoms with Crippen molar-refractivity contribution in [2.75, 3.05) is 65.6 Å².